The molecule has 15 heavy (non-hydrogen) atoms. The summed E-state index contributed by atoms with van der Waals surface area (Å²) in [5.74, 6) is -0.363. The Morgan fingerprint density at radius 3 is 2.60 bits per heavy atom. The number of hydrogen-bond donors (Lipinski definition) is 1. The molecule has 0 atom stereocenters. The second-order valence-corrected chi connectivity index (χ2v) is 4.86. The number of aromatic hydroxyl groups is 1. The molecule has 1 N–H and O–H groups in total. The molecule has 3 nitrogen and oxygen atoms in total. The first-order valence-electron chi connectivity index (χ1n) is 4.56. The van der Waals surface area contributed by atoms with Crippen LogP contribution in [0.25, 0.3) is 0 Å². The molecule has 0 radical (unpaired) electrons. The van der Waals surface area contributed by atoms with E-state index in [1.165, 1.54) is 12.1 Å². The van der Waals surface area contributed by atoms with Gasteiger partial charge >= 0.3 is 5.97 Å². The van der Waals surface area contributed by atoms with E-state index in [2.05, 4.69) is 0 Å². The van der Waals surface area contributed by atoms with Crippen molar-refractivity contribution in [3.05, 3.63) is 24.3 Å². The highest BCUT2D eigenvalue weighted by atomic mass is 35.5. The van der Waals surface area contributed by atoms with E-state index in [-0.39, 0.29) is 17.9 Å². The summed E-state index contributed by atoms with van der Waals surface area (Å²) in [6.45, 7) is 3.45. The van der Waals surface area contributed by atoms with Crippen molar-refractivity contribution in [2.45, 2.75) is 25.1 Å². The molecule has 0 heterocycles. The molecule has 0 saturated heterocycles. The van der Waals surface area contributed by atoms with Gasteiger partial charge in [-0.25, -0.2) is 0 Å². The average molecular weight is 229 g/mol. The standard InChI is InChI=1S/C11H13ClO3/c1-11(2,12)7-10(14)15-9-6-4-3-5-8(9)13/h3-6,13H,7H2,1-2H3. The number of phenols is 1. The SMILES string of the molecule is CC(C)(Cl)CC(=O)Oc1ccccc1O. The molecule has 0 bridgehead atoms. The summed E-state index contributed by atoms with van der Waals surface area (Å²) in [5.41, 5.74) is 0. The molecule has 82 valence electrons. The Bertz CT molecular complexity index is 355. The molecule has 0 spiro atoms. The first-order chi connectivity index (χ1) is 6.88. The molecule has 0 fully saturated rings. The van der Waals surface area contributed by atoms with Gasteiger partial charge in [0.25, 0.3) is 0 Å². The van der Waals surface area contributed by atoms with Crippen LogP contribution in [0.2, 0.25) is 0 Å². The highest BCUT2D eigenvalue weighted by molar-refractivity contribution is 6.24. The van der Waals surface area contributed by atoms with E-state index >= 15 is 0 Å². The van der Waals surface area contributed by atoms with E-state index in [1.54, 1.807) is 26.0 Å². The summed E-state index contributed by atoms with van der Waals surface area (Å²) in [7, 11) is 0. The topological polar surface area (TPSA) is 46.5 Å². The lowest BCUT2D eigenvalue weighted by Crippen LogP contribution is -2.20. The minimum Gasteiger partial charge on any atom is -0.504 e. The summed E-state index contributed by atoms with van der Waals surface area (Å²) in [5, 5.41) is 9.35. The summed E-state index contributed by atoms with van der Waals surface area (Å²) in [6.07, 6.45) is 0.0862. The fraction of sp³-hybridized carbons (Fsp3) is 0.364. The van der Waals surface area contributed by atoms with Gasteiger partial charge in [-0.2, -0.15) is 0 Å². The molecule has 4 heteroatoms. The maximum Gasteiger partial charge on any atom is 0.313 e. The van der Waals surface area contributed by atoms with E-state index in [0.717, 1.165) is 0 Å². The smallest absolute Gasteiger partial charge is 0.313 e. The van der Waals surface area contributed by atoms with Gasteiger partial charge in [-0.3, -0.25) is 4.79 Å². The van der Waals surface area contributed by atoms with Crippen molar-refractivity contribution in [2.24, 2.45) is 0 Å². The molecule has 1 aromatic rings. The van der Waals surface area contributed by atoms with Crippen molar-refractivity contribution in [1.82, 2.24) is 0 Å². The minimum atomic E-state index is -0.637. The molecule has 0 unspecified atom stereocenters. The fourth-order valence-corrected chi connectivity index (χ4v) is 1.15. The van der Waals surface area contributed by atoms with Crippen molar-refractivity contribution in [3.63, 3.8) is 0 Å². The second kappa shape index (κ2) is 4.53. The lowest BCUT2D eigenvalue weighted by molar-refractivity contribution is -0.135. The number of carbonyl (C=O) groups excluding carboxylic acids is 1. The number of rotatable bonds is 3. The maximum absolute atomic E-state index is 11.4. The van der Waals surface area contributed by atoms with Gasteiger partial charge in [-0.05, 0) is 26.0 Å². The van der Waals surface area contributed by atoms with Crippen LogP contribution in [0, 0.1) is 0 Å². The van der Waals surface area contributed by atoms with Gasteiger partial charge < -0.3 is 9.84 Å². The quantitative estimate of drug-likeness (QED) is 0.492. The van der Waals surface area contributed by atoms with E-state index in [9.17, 15) is 9.90 Å². The van der Waals surface area contributed by atoms with Gasteiger partial charge in [0.2, 0.25) is 0 Å². The number of para-hydroxylation sites is 2. The Hall–Kier alpha value is -1.22. The molecule has 0 aliphatic carbocycles. The second-order valence-electron chi connectivity index (χ2n) is 3.84. The first-order valence-corrected chi connectivity index (χ1v) is 4.94. The van der Waals surface area contributed by atoms with Gasteiger partial charge in [-0.15, -0.1) is 11.6 Å². The van der Waals surface area contributed by atoms with Crippen LogP contribution in [0.1, 0.15) is 20.3 Å². The van der Waals surface area contributed by atoms with Crippen LogP contribution in [0.3, 0.4) is 0 Å². The number of phenolic OH excluding ortho intramolecular Hbond substituents is 1. The first kappa shape index (κ1) is 11.9. The Morgan fingerprint density at radius 1 is 1.47 bits per heavy atom. The van der Waals surface area contributed by atoms with Crippen molar-refractivity contribution in [1.29, 1.82) is 0 Å². The largest absolute Gasteiger partial charge is 0.504 e. The molecule has 0 aliphatic rings. The third-order valence-electron chi connectivity index (χ3n) is 1.65. The Morgan fingerprint density at radius 2 is 2.07 bits per heavy atom. The zero-order valence-corrected chi connectivity index (χ0v) is 9.41. The summed E-state index contributed by atoms with van der Waals surface area (Å²) >= 11 is 5.87. The number of esters is 1. The minimum absolute atomic E-state index is 0.0572. The highest BCUT2D eigenvalue weighted by Crippen LogP contribution is 2.26. The van der Waals surface area contributed by atoms with E-state index in [1.807, 2.05) is 0 Å². The molecule has 1 rings (SSSR count). The van der Waals surface area contributed by atoms with Crippen LogP contribution in [0.15, 0.2) is 24.3 Å². The highest BCUT2D eigenvalue weighted by Gasteiger charge is 2.20. The number of hydrogen-bond acceptors (Lipinski definition) is 3. The predicted molar refractivity (Wildman–Crippen MR) is 58.3 cm³/mol. The summed E-state index contributed by atoms with van der Waals surface area (Å²) in [4.78, 5) is 10.7. The number of halogens is 1. The van der Waals surface area contributed by atoms with Crippen LogP contribution in [0.4, 0.5) is 0 Å². The van der Waals surface area contributed by atoms with Gasteiger partial charge in [0.05, 0.1) is 6.42 Å². The Balaban J connectivity index is 2.64. The molecule has 1 aromatic carbocycles. The van der Waals surface area contributed by atoms with Gasteiger partial charge in [0, 0.05) is 4.87 Å². The van der Waals surface area contributed by atoms with E-state index < -0.39 is 10.8 Å². The van der Waals surface area contributed by atoms with Gasteiger partial charge in [0.15, 0.2) is 11.5 Å². The summed E-state index contributed by atoms with van der Waals surface area (Å²) < 4.78 is 4.95. The monoisotopic (exact) mass is 228 g/mol. The molecule has 0 saturated carbocycles. The van der Waals surface area contributed by atoms with Crippen molar-refractivity contribution < 1.29 is 14.6 Å². The Labute approximate surface area is 93.6 Å². The zero-order chi connectivity index (χ0) is 11.5. The average Bonchev–Trinajstić information content (AvgIpc) is 2.05. The van der Waals surface area contributed by atoms with Crippen LogP contribution >= 0.6 is 11.6 Å². The van der Waals surface area contributed by atoms with Crippen LogP contribution < -0.4 is 4.74 Å². The number of alkyl halides is 1. The fourth-order valence-electron chi connectivity index (χ4n) is 1.05. The lowest BCUT2D eigenvalue weighted by Gasteiger charge is -2.14. The van der Waals surface area contributed by atoms with Crippen LogP contribution in [-0.2, 0) is 4.79 Å². The lowest BCUT2D eigenvalue weighted by atomic mass is 10.1. The predicted octanol–water partition coefficient (Wildman–Crippen LogP) is 2.71. The zero-order valence-electron chi connectivity index (χ0n) is 8.66. The van der Waals surface area contributed by atoms with Crippen molar-refractivity contribution in [3.8, 4) is 11.5 Å². The maximum atomic E-state index is 11.4. The number of benzene rings is 1. The third-order valence-corrected chi connectivity index (χ3v) is 1.79. The van der Waals surface area contributed by atoms with E-state index in [0.29, 0.717) is 0 Å². The third kappa shape index (κ3) is 4.21. The Kier molecular flexibility index (Phi) is 3.58. The van der Waals surface area contributed by atoms with Gasteiger partial charge in [0.1, 0.15) is 0 Å². The van der Waals surface area contributed by atoms with E-state index in [4.69, 9.17) is 16.3 Å². The molecule has 0 aromatic heterocycles. The van der Waals surface area contributed by atoms with Crippen LogP contribution in [0.5, 0.6) is 11.5 Å². The molecule has 0 amide bonds. The van der Waals surface area contributed by atoms with Crippen molar-refractivity contribution in [2.75, 3.05) is 0 Å². The number of carbonyl (C=O) groups is 1. The number of ether oxygens (including phenoxy) is 1. The molecule has 0 aliphatic heterocycles. The molecular formula is C11H13ClO3. The normalized spacial score (nSPS) is 11.1. The van der Waals surface area contributed by atoms with Crippen LogP contribution in [-0.4, -0.2) is 16.0 Å². The van der Waals surface area contributed by atoms with Gasteiger partial charge in [-0.1, -0.05) is 12.1 Å². The molecular weight excluding hydrogens is 216 g/mol. The summed E-state index contributed by atoms with van der Waals surface area (Å²) in [6, 6.07) is 6.30. The van der Waals surface area contributed by atoms with Crippen molar-refractivity contribution >= 4 is 17.6 Å².